The highest BCUT2D eigenvalue weighted by molar-refractivity contribution is 4.75. The topological polar surface area (TPSA) is 165 Å². The van der Waals surface area contributed by atoms with E-state index in [-0.39, 0.29) is 12.5 Å². The van der Waals surface area contributed by atoms with Gasteiger partial charge in [0.1, 0.15) is 0 Å². The lowest BCUT2D eigenvalue weighted by Crippen LogP contribution is -2.39. The third kappa shape index (κ3) is 14.6. The highest BCUT2D eigenvalue weighted by Crippen LogP contribution is 2.18. The first kappa shape index (κ1) is 24.0. The molecule has 7 nitrogen and oxygen atoms in total. The highest BCUT2D eigenvalue weighted by Gasteiger charge is 2.23. The normalized spacial score (nSPS) is 17.2. The largest absolute Gasteiger partial charge is 0.390 e. The zero-order chi connectivity index (χ0) is 17.8. The molecule has 136 valence electrons. The van der Waals surface area contributed by atoms with Crippen LogP contribution in [-0.2, 0) is 0 Å². The summed E-state index contributed by atoms with van der Waals surface area (Å²) < 4.78 is 0. The van der Waals surface area contributed by atoms with Crippen LogP contribution < -0.4 is 22.9 Å². The van der Waals surface area contributed by atoms with Gasteiger partial charge in [-0.2, -0.15) is 0 Å². The Morgan fingerprint density at radius 3 is 1.77 bits per heavy atom. The van der Waals surface area contributed by atoms with Gasteiger partial charge in [0.15, 0.2) is 5.79 Å². The van der Waals surface area contributed by atoms with Crippen LogP contribution in [0.4, 0.5) is 0 Å². The first-order chi connectivity index (χ1) is 10.0. The molecule has 11 N–H and O–H groups in total. The average molecular weight is 322 g/mol. The predicted octanol–water partition coefficient (Wildman–Crippen LogP) is -0.928. The van der Waals surface area contributed by atoms with Crippen molar-refractivity contribution in [3.8, 4) is 0 Å². The van der Waals surface area contributed by atoms with E-state index in [1.165, 1.54) is 0 Å². The molecule has 0 aromatic rings. The number of aliphatic hydroxyl groups is 3. The van der Waals surface area contributed by atoms with Crippen LogP contribution in [0.3, 0.4) is 0 Å². The zero-order valence-electron chi connectivity index (χ0n) is 14.5. The van der Waals surface area contributed by atoms with E-state index in [9.17, 15) is 5.11 Å². The van der Waals surface area contributed by atoms with Crippen molar-refractivity contribution in [2.24, 2.45) is 34.8 Å². The molecular weight excluding hydrogens is 284 g/mol. The van der Waals surface area contributed by atoms with Crippen molar-refractivity contribution in [2.75, 3.05) is 26.2 Å². The van der Waals surface area contributed by atoms with Gasteiger partial charge in [-0.25, -0.2) is 0 Å². The smallest absolute Gasteiger partial charge is 0.175 e. The second-order valence-electron chi connectivity index (χ2n) is 6.65. The van der Waals surface area contributed by atoms with E-state index in [2.05, 4.69) is 0 Å². The van der Waals surface area contributed by atoms with Crippen molar-refractivity contribution in [3.63, 3.8) is 0 Å². The first-order valence-corrected chi connectivity index (χ1v) is 8.01. The Bertz CT molecular complexity index is 263. The van der Waals surface area contributed by atoms with Crippen LogP contribution >= 0.6 is 0 Å². The van der Waals surface area contributed by atoms with Crippen molar-refractivity contribution in [3.05, 3.63) is 0 Å². The maximum atomic E-state index is 9.68. The lowest BCUT2D eigenvalue weighted by Gasteiger charge is -2.25. The number of hydrogen-bond donors (Lipinski definition) is 7. The third-order valence-electron chi connectivity index (χ3n) is 3.54. The zero-order valence-corrected chi connectivity index (χ0v) is 14.5. The molecule has 0 heterocycles. The fraction of sp³-hybridized carbons (Fsp3) is 1.00. The van der Waals surface area contributed by atoms with Crippen molar-refractivity contribution in [1.29, 1.82) is 0 Å². The second-order valence-corrected chi connectivity index (χ2v) is 6.65. The van der Waals surface area contributed by atoms with Gasteiger partial charge in [-0.15, -0.1) is 0 Å². The lowest BCUT2D eigenvalue weighted by atomic mass is 9.90. The summed E-state index contributed by atoms with van der Waals surface area (Å²) in [7, 11) is 0. The number of hydrogen-bond acceptors (Lipinski definition) is 7. The van der Waals surface area contributed by atoms with Gasteiger partial charge in [0, 0.05) is 13.0 Å². The van der Waals surface area contributed by atoms with Gasteiger partial charge in [0.25, 0.3) is 0 Å². The Kier molecular flexibility index (Phi) is 13.3. The monoisotopic (exact) mass is 322 g/mol. The molecule has 22 heavy (non-hydrogen) atoms. The molecular formula is C15H38N4O3. The minimum absolute atomic E-state index is 0.123. The lowest BCUT2D eigenvalue weighted by molar-refractivity contribution is -0.164. The summed E-state index contributed by atoms with van der Waals surface area (Å²) in [6.45, 7) is 7.37. The van der Waals surface area contributed by atoms with E-state index in [1.807, 2.05) is 20.8 Å². The quantitative estimate of drug-likeness (QED) is 0.255. The molecule has 0 radical (unpaired) electrons. The summed E-state index contributed by atoms with van der Waals surface area (Å²) in [6.07, 6.45) is 2.47. The molecule has 0 amide bonds. The van der Waals surface area contributed by atoms with Crippen molar-refractivity contribution >= 4 is 0 Å². The second kappa shape index (κ2) is 12.2. The molecule has 7 heteroatoms. The summed E-state index contributed by atoms with van der Waals surface area (Å²) in [6, 6.07) is 0. The molecule has 0 bridgehead atoms. The molecule has 0 aromatic heterocycles. The van der Waals surface area contributed by atoms with Crippen LogP contribution in [0.25, 0.3) is 0 Å². The van der Waals surface area contributed by atoms with Gasteiger partial charge in [-0.1, -0.05) is 13.8 Å². The predicted molar refractivity (Wildman–Crippen MR) is 90.8 cm³/mol. The summed E-state index contributed by atoms with van der Waals surface area (Å²) >= 11 is 0. The van der Waals surface area contributed by atoms with Gasteiger partial charge < -0.3 is 38.3 Å². The van der Waals surface area contributed by atoms with E-state index < -0.39 is 11.4 Å². The van der Waals surface area contributed by atoms with Crippen LogP contribution in [0.5, 0.6) is 0 Å². The van der Waals surface area contributed by atoms with Gasteiger partial charge in [0.2, 0.25) is 0 Å². The van der Waals surface area contributed by atoms with E-state index in [0.717, 1.165) is 12.8 Å². The van der Waals surface area contributed by atoms with Gasteiger partial charge in [0.05, 0.1) is 5.60 Å². The minimum atomic E-state index is -1.71. The Hall–Kier alpha value is -0.280. The van der Waals surface area contributed by atoms with Crippen LogP contribution in [0.1, 0.15) is 46.5 Å². The number of nitrogens with two attached hydrogens (primary N) is 4. The van der Waals surface area contributed by atoms with Crippen LogP contribution in [0.2, 0.25) is 0 Å². The molecule has 0 saturated heterocycles. The number of rotatable bonds is 10. The Morgan fingerprint density at radius 1 is 0.864 bits per heavy atom. The Morgan fingerprint density at radius 2 is 1.41 bits per heavy atom. The minimum Gasteiger partial charge on any atom is -0.390 e. The Labute approximate surface area is 135 Å². The molecule has 0 aromatic carbocycles. The SMILES string of the molecule is CC(CCN)CC(O)(O)CN.CC(CN)CC(C)(O)CCN. The summed E-state index contributed by atoms with van der Waals surface area (Å²) in [5, 5.41) is 27.9. The standard InChI is InChI=1S/C8H20N2O.C7H18N2O2/c1-7(6-10)5-8(2,11)3-4-9;1-6(2-3-8)4-7(10,11)5-9/h7,11H,3-6,9-10H2,1-2H3;6,10-11H,2-5,8-9H2,1H3. The summed E-state index contributed by atoms with van der Waals surface area (Å²) in [5.41, 5.74) is 20.6. The van der Waals surface area contributed by atoms with Gasteiger partial charge in [-0.3, -0.25) is 0 Å². The van der Waals surface area contributed by atoms with E-state index >= 15 is 0 Å². The van der Waals surface area contributed by atoms with Crippen LogP contribution in [-0.4, -0.2) is 52.9 Å². The van der Waals surface area contributed by atoms with Crippen molar-refractivity contribution < 1.29 is 15.3 Å². The molecule has 0 aliphatic heterocycles. The molecule has 0 fully saturated rings. The van der Waals surface area contributed by atoms with E-state index in [0.29, 0.717) is 38.4 Å². The molecule has 0 aliphatic rings. The molecule has 3 unspecified atom stereocenters. The van der Waals surface area contributed by atoms with Crippen LogP contribution in [0.15, 0.2) is 0 Å². The van der Waals surface area contributed by atoms with Crippen molar-refractivity contribution in [2.45, 2.75) is 57.8 Å². The van der Waals surface area contributed by atoms with Crippen molar-refractivity contribution in [1.82, 2.24) is 0 Å². The molecule has 0 saturated carbocycles. The summed E-state index contributed by atoms with van der Waals surface area (Å²) in [5.74, 6) is -1.13. The Balaban J connectivity index is 0. The average Bonchev–Trinajstić information content (AvgIpc) is 2.38. The molecule has 3 atom stereocenters. The van der Waals surface area contributed by atoms with Gasteiger partial charge >= 0.3 is 0 Å². The van der Waals surface area contributed by atoms with Gasteiger partial charge in [-0.05, 0) is 57.7 Å². The molecule has 0 spiro atoms. The fourth-order valence-electron chi connectivity index (χ4n) is 2.28. The van der Waals surface area contributed by atoms with E-state index in [4.69, 9.17) is 33.1 Å². The maximum Gasteiger partial charge on any atom is 0.175 e. The highest BCUT2D eigenvalue weighted by atomic mass is 16.5. The first-order valence-electron chi connectivity index (χ1n) is 8.01. The maximum absolute atomic E-state index is 9.68. The summed E-state index contributed by atoms with van der Waals surface area (Å²) in [4.78, 5) is 0. The van der Waals surface area contributed by atoms with E-state index in [1.54, 1.807) is 0 Å². The fourth-order valence-corrected chi connectivity index (χ4v) is 2.28. The van der Waals surface area contributed by atoms with Crippen LogP contribution in [0, 0.1) is 11.8 Å². The molecule has 0 aliphatic carbocycles. The third-order valence-corrected chi connectivity index (χ3v) is 3.54. The molecule has 0 rings (SSSR count).